The van der Waals surface area contributed by atoms with Crippen LogP contribution in [-0.2, 0) is 4.74 Å². The van der Waals surface area contributed by atoms with Gasteiger partial charge in [0.25, 0.3) is 0 Å². The first kappa shape index (κ1) is 17.3. The van der Waals surface area contributed by atoms with Crippen LogP contribution in [0.5, 0.6) is 0 Å². The van der Waals surface area contributed by atoms with Crippen molar-refractivity contribution in [2.24, 2.45) is 5.92 Å². The van der Waals surface area contributed by atoms with E-state index in [4.69, 9.17) is 9.26 Å². The van der Waals surface area contributed by atoms with Crippen LogP contribution in [-0.4, -0.2) is 34.4 Å². The molecule has 2 aromatic heterocycles. The van der Waals surface area contributed by atoms with E-state index in [9.17, 15) is 4.79 Å². The number of carbonyl (C=O) groups excluding carboxylic acids is 1. The number of urea groups is 1. The highest BCUT2D eigenvalue weighted by Crippen LogP contribution is 2.30. The second-order valence-corrected chi connectivity index (χ2v) is 6.41. The molecular formula is C17H23N5O3. The first-order valence-corrected chi connectivity index (χ1v) is 8.52. The zero-order valence-corrected chi connectivity index (χ0v) is 14.4. The van der Waals surface area contributed by atoms with Crippen LogP contribution in [0.4, 0.5) is 10.5 Å². The maximum atomic E-state index is 12.4. The van der Waals surface area contributed by atoms with Gasteiger partial charge in [-0.1, -0.05) is 19.0 Å². The fourth-order valence-corrected chi connectivity index (χ4v) is 2.78. The summed E-state index contributed by atoms with van der Waals surface area (Å²) in [6.07, 6.45) is 4.91. The Bertz CT molecular complexity index is 683. The van der Waals surface area contributed by atoms with E-state index < -0.39 is 0 Å². The molecule has 0 radical (unpaired) electrons. The number of hydrogen-bond acceptors (Lipinski definition) is 6. The maximum absolute atomic E-state index is 12.4. The fourth-order valence-electron chi connectivity index (χ4n) is 2.78. The monoisotopic (exact) mass is 345 g/mol. The van der Waals surface area contributed by atoms with Gasteiger partial charge in [0, 0.05) is 37.2 Å². The maximum Gasteiger partial charge on any atom is 0.319 e. The van der Waals surface area contributed by atoms with Crippen LogP contribution in [0.3, 0.4) is 0 Å². The first-order valence-electron chi connectivity index (χ1n) is 8.52. The molecule has 1 fully saturated rings. The second-order valence-electron chi connectivity index (χ2n) is 6.41. The number of rotatable bonds is 5. The van der Waals surface area contributed by atoms with Crippen molar-refractivity contribution in [1.82, 2.24) is 20.4 Å². The summed E-state index contributed by atoms with van der Waals surface area (Å²) in [5.41, 5.74) is 0.673. The Morgan fingerprint density at radius 1 is 1.24 bits per heavy atom. The molecule has 0 unspecified atom stereocenters. The van der Waals surface area contributed by atoms with Crippen LogP contribution in [0.15, 0.2) is 29.0 Å². The predicted octanol–water partition coefficient (Wildman–Crippen LogP) is 2.88. The number of hydrogen-bond donors (Lipinski definition) is 2. The summed E-state index contributed by atoms with van der Waals surface area (Å²) in [7, 11) is 0. The van der Waals surface area contributed by atoms with E-state index in [1.165, 1.54) is 0 Å². The Labute approximate surface area is 146 Å². The van der Waals surface area contributed by atoms with Gasteiger partial charge in [0.2, 0.25) is 5.89 Å². The van der Waals surface area contributed by atoms with Gasteiger partial charge in [-0.25, -0.2) is 4.79 Å². The molecule has 0 spiro atoms. The third-order valence-electron chi connectivity index (χ3n) is 4.20. The topological polar surface area (TPSA) is 102 Å². The summed E-state index contributed by atoms with van der Waals surface area (Å²) in [6, 6.07) is 2.80. The average molecular weight is 345 g/mol. The number of pyridine rings is 1. The quantitative estimate of drug-likeness (QED) is 0.864. The van der Waals surface area contributed by atoms with Crippen LogP contribution >= 0.6 is 0 Å². The van der Waals surface area contributed by atoms with Crippen molar-refractivity contribution in [3.63, 3.8) is 0 Å². The van der Waals surface area contributed by atoms with Gasteiger partial charge in [0.05, 0.1) is 0 Å². The van der Waals surface area contributed by atoms with E-state index in [1.807, 2.05) is 13.8 Å². The lowest BCUT2D eigenvalue weighted by atomic mass is 9.91. The Balaban J connectivity index is 1.74. The molecule has 0 saturated carbocycles. The van der Waals surface area contributed by atoms with Crippen LogP contribution in [0, 0.1) is 5.92 Å². The number of anilines is 1. The largest absolute Gasteiger partial charge is 0.381 e. The van der Waals surface area contributed by atoms with Crippen LogP contribution < -0.4 is 10.6 Å². The molecule has 3 heterocycles. The van der Waals surface area contributed by atoms with Crippen molar-refractivity contribution in [3.8, 4) is 0 Å². The predicted molar refractivity (Wildman–Crippen MR) is 91.1 cm³/mol. The first-order chi connectivity index (χ1) is 12.1. The molecule has 3 rings (SSSR count). The van der Waals surface area contributed by atoms with E-state index in [-0.39, 0.29) is 23.9 Å². The number of carbonyl (C=O) groups is 1. The van der Waals surface area contributed by atoms with Gasteiger partial charge in [-0.2, -0.15) is 4.98 Å². The average Bonchev–Trinajstić information content (AvgIpc) is 3.11. The minimum Gasteiger partial charge on any atom is -0.381 e. The van der Waals surface area contributed by atoms with E-state index in [1.54, 1.807) is 24.5 Å². The molecule has 8 nitrogen and oxygen atoms in total. The van der Waals surface area contributed by atoms with Crippen molar-refractivity contribution in [1.29, 1.82) is 0 Å². The molecule has 25 heavy (non-hydrogen) atoms. The van der Waals surface area contributed by atoms with Crippen LogP contribution in [0.1, 0.15) is 50.4 Å². The number of aromatic nitrogens is 3. The molecule has 134 valence electrons. The highest BCUT2D eigenvalue weighted by atomic mass is 16.5. The van der Waals surface area contributed by atoms with E-state index in [0.717, 1.165) is 12.8 Å². The van der Waals surface area contributed by atoms with Crippen LogP contribution in [0.25, 0.3) is 0 Å². The van der Waals surface area contributed by atoms with Crippen molar-refractivity contribution in [3.05, 3.63) is 36.2 Å². The van der Waals surface area contributed by atoms with E-state index in [2.05, 4.69) is 25.8 Å². The lowest BCUT2D eigenvalue weighted by Crippen LogP contribution is -2.38. The van der Waals surface area contributed by atoms with Crippen LogP contribution in [0.2, 0.25) is 0 Å². The zero-order valence-electron chi connectivity index (χ0n) is 14.4. The summed E-state index contributed by atoms with van der Waals surface area (Å²) in [5.74, 6) is 1.44. The lowest BCUT2D eigenvalue weighted by molar-refractivity contribution is 0.0506. The zero-order chi connectivity index (χ0) is 17.6. The molecule has 1 atom stereocenters. The molecular weight excluding hydrogens is 322 g/mol. The van der Waals surface area contributed by atoms with Crippen molar-refractivity contribution < 1.29 is 14.1 Å². The van der Waals surface area contributed by atoms with Crippen molar-refractivity contribution in [2.45, 2.75) is 38.6 Å². The Kier molecular flexibility index (Phi) is 5.60. The minimum atomic E-state index is -0.342. The molecule has 8 heteroatoms. The number of nitrogens with zero attached hydrogens (tertiary/aromatic N) is 3. The third kappa shape index (κ3) is 4.54. The van der Waals surface area contributed by atoms with E-state index >= 15 is 0 Å². The molecule has 2 amide bonds. The van der Waals surface area contributed by atoms with Gasteiger partial charge in [0.1, 0.15) is 6.04 Å². The molecule has 1 saturated heterocycles. The standard InChI is InChI=1S/C17H23N5O3/c1-11(2)15-21-16(25-22-15)14(12-5-9-24-10-6-12)20-17(23)19-13-3-7-18-8-4-13/h3-4,7-8,11-12,14H,5-6,9-10H2,1-2H3,(H2,18,19,20,23)/t14-/m0/s1. The summed E-state index contributed by atoms with van der Waals surface area (Å²) >= 11 is 0. The molecule has 0 bridgehead atoms. The van der Waals surface area contributed by atoms with E-state index in [0.29, 0.717) is 30.6 Å². The van der Waals surface area contributed by atoms with Gasteiger partial charge in [0.15, 0.2) is 5.82 Å². The Morgan fingerprint density at radius 3 is 2.60 bits per heavy atom. The summed E-state index contributed by atoms with van der Waals surface area (Å²) in [5, 5.41) is 9.81. The molecule has 0 aliphatic carbocycles. The highest BCUT2D eigenvalue weighted by molar-refractivity contribution is 5.89. The Hall–Kier alpha value is -2.48. The number of ether oxygens (including phenoxy) is 1. The fraction of sp³-hybridized carbons (Fsp3) is 0.529. The molecule has 0 aromatic carbocycles. The summed E-state index contributed by atoms with van der Waals surface area (Å²) in [4.78, 5) is 20.8. The molecule has 1 aliphatic heterocycles. The van der Waals surface area contributed by atoms with Crippen molar-refractivity contribution in [2.75, 3.05) is 18.5 Å². The SMILES string of the molecule is CC(C)c1noc([C@@H](NC(=O)Nc2ccncc2)C2CCOCC2)n1. The smallest absolute Gasteiger partial charge is 0.319 e. The normalized spacial score (nSPS) is 16.6. The Morgan fingerprint density at radius 2 is 1.96 bits per heavy atom. The van der Waals surface area contributed by atoms with Gasteiger partial charge in [-0.15, -0.1) is 0 Å². The summed E-state index contributed by atoms with van der Waals surface area (Å²) < 4.78 is 10.9. The highest BCUT2D eigenvalue weighted by Gasteiger charge is 2.31. The van der Waals surface area contributed by atoms with Crippen molar-refractivity contribution >= 4 is 11.7 Å². The molecule has 2 N–H and O–H groups in total. The molecule has 2 aromatic rings. The van der Waals surface area contributed by atoms with Gasteiger partial charge >= 0.3 is 6.03 Å². The summed E-state index contributed by atoms with van der Waals surface area (Å²) in [6.45, 7) is 5.34. The molecule has 1 aliphatic rings. The second kappa shape index (κ2) is 8.06. The number of nitrogens with one attached hydrogen (secondary N) is 2. The van der Waals surface area contributed by atoms with Gasteiger partial charge in [-0.3, -0.25) is 4.98 Å². The number of amides is 2. The van der Waals surface area contributed by atoms with Gasteiger partial charge in [-0.05, 0) is 30.9 Å². The minimum absolute atomic E-state index is 0.165. The van der Waals surface area contributed by atoms with Gasteiger partial charge < -0.3 is 19.9 Å². The lowest BCUT2D eigenvalue weighted by Gasteiger charge is -2.28. The third-order valence-corrected chi connectivity index (χ3v) is 4.20.